The van der Waals surface area contributed by atoms with E-state index < -0.39 is 33.2 Å². The first kappa shape index (κ1) is 26.1. The lowest BCUT2D eigenvalue weighted by atomic mass is 10.1. The molecule has 0 spiro atoms. The van der Waals surface area contributed by atoms with Crippen molar-refractivity contribution in [1.82, 2.24) is 19.2 Å². The molecule has 37 heavy (non-hydrogen) atoms. The number of nitrogens with zero attached hydrogens (tertiary/aromatic N) is 2. The molecule has 3 aromatic carbocycles. The Morgan fingerprint density at radius 3 is 2.27 bits per heavy atom. The minimum Gasteiger partial charge on any atom is -0.354 e. The van der Waals surface area contributed by atoms with Gasteiger partial charge in [-0.2, -0.15) is 4.72 Å². The number of sulfonamides is 1. The lowest BCUT2D eigenvalue weighted by molar-refractivity contribution is -0.122. The van der Waals surface area contributed by atoms with Crippen molar-refractivity contribution in [1.29, 1.82) is 0 Å². The van der Waals surface area contributed by atoms with Gasteiger partial charge in [-0.3, -0.25) is 18.7 Å². The summed E-state index contributed by atoms with van der Waals surface area (Å²) in [6.45, 7) is 2.32. The van der Waals surface area contributed by atoms with Gasteiger partial charge in [0.15, 0.2) is 0 Å². The Morgan fingerprint density at radius 1 is 0.919 bits per heavy atom. The minimum absolute atomic E-state index is 0.0753. The smallest absolute Gasteiger partial charge is 0.330 e. The van der Waals surface area contributed by atoms with Crippen molar-refractivity contribution in [2.75, 3.05) is 6.54 Å². The number of fused-ring (bicyclic) bond motifs is 1. The average molecular weight is 521 g/mol. The van der Waals surface area contributed by atoms with Gasteiger partial charge in [-0.15, -0.1) is 0 Å². The second-order valence-corrected chi connectivity index (χ2v) is 10.6. The maximum atomic E-state index is 13.4. The van der Waals surface area contributed by atoms with Crippen molar-refractivity contribution >= 4 is 26.8 Å². The SMILES string of the molecule is Cc1ccc(CCNC(=O)C(NS(=O)(=O)c2ccc3c(c2)c(=O)n(C)c(=O)n3C)c2ccccc2)cc1. The van der Waals surface area contributed by atoms with E-state index in [2.05, 4.69) is 10.0 Å². The largest absolute Gasteiger partial charge is 0.354 e. The van der Waals surface area contributed by atoms with Crippen molar-refractivity contribution in [2.45, 2.75) is 24.3 Å². The summed E-state index contributed by atoms with van der Waals surface area (Å²) in [6.07, 6.45) is 0.590. The molecular weight excluding hydrogens is 492 g/mol. The predicted molar refractivity (Wildman–Crippen MR) is 142 cm³/mol. The molecule has 1 unspecified atom stereocenters. The number of hydrogen-bond acceptors (Lipinski definition) is 5. The van der Waals surface area contributed by atoms with Crippen LogP contribution in [0, 0.1) is 6.92 Å². The summed E-state index contributed by atoms with van der Waals surface area (Å²) in [4.78, 5) is 37.8. The second kappa shape index (κ2) is 10.5. The fourth-order valence-corrected chi connectivity index (χ4v) is 5.28. The highest BCUT2D eigenvalue weighted by Crippen LogP contribution is 2.20. The number of aryl methyl sites for hydroxylation is 2. The van der Waals surface area contributed by atoms with Crippen LogP contribution in [-0.4, -0.2) is 30.0 Å². The molecule has 4 aromatic rings. The van der Waals surface area contributed by atoms with Gasteiger partial charge in [-0.05, 0) is 42.7 Å². The monoisotopic (exact) mass is 520 g/mol. The maximum Gasteiger partial charge on any atom is 0.330 e. The number of aromatic nitrogens is 2. The number of benzene rings is 3. The Hall–Kier alpha value is -4.02. The van der Waals surface area contributed by atoms with E-state index in [0.717, 1.165) is 15.7 Å². The molecule has 10 heteroatoms. The van der Waals surface area contributed by atoms with E-state index in [4.69, 9.17) is 0 Å². The van der Waals surface area contributed by atoms with E-state index in [-0.39, 0.29) is 10.3 Å². The van der Waals surface area contributed by atoms with Gasteiger partial charge in [-0.25, -0.2) is 13.2 Å². The summed E-state index contributed by atoms with van der Waals surface area (Å²) >= 11 is 0. The van der Waals surface area contributed by atoms with Crippen LogP contribution < -0.4 is 21.3 Å². The van der Waals surface area contributed by atoms with Crippen molar-refractivity contribution in [3.63, 3.8) is 0 Å². The fourth-order valence-electron chi connectivity index (χ4n) is 4.07. The lowest BCUT2D eigenvalue weighted by Crippen LogP contribution is -2.41. The fraction of sp³-hybridized carbons (Fsp3) is 0.222. The first-order chi connectivity index (χ1) is 17.6. The Balaban J connectivity index is 1.62. The van der Waals surface area contributed by atoms with Gasteiger partial charge >= 0.3 is 5.69 Å². The summed E-state index contributed by atoms with van der Waals surface area (Å²) in [5, 5.41) is 2.90. The van der Waals surface area contributed by atoms with Crippen LogP contribution in [0.3, 0.4) is 0 Å². The van der Waals surface area contributed by atoms with Crippen LogP contribution in [0.4, 0.5) is 0 Å². The van der Waals surface area contributed by atoms with Crippen LogP contribution in [0.2, 0.25) is 0 Å². The minimum atomic E-state index is -4.23. The molecular formula is C27H28N4O5S. The molecule has 4 rings (SSSR count). The van der Waals surface area contributed by atoms with Crippen LogP contribution >= 0.6 is 0 Å². The number of carbonyl (C=O) groups is 1. The van der Waals surface area contributed by atoms with Crippen LogP contribution in [-0.2, 0) is 35.3 Å². The zero-order chi connectivity index (χ0) is 26.7. The van der Waals surface area contributed by atoms with Gasteiger partial charge in [0.1, 0.15) is 6.04 Å². The number of rotatable bonds is 8. The standard InChI is InChI=1S/C27H28N4O5S/c1-18-9-11-19(12-10-18)15-16-28-25(32)24(20-7-5-4-6-8-20)29-37(35,36)21-13-14-23-22(17-21)26(33)31(3)27(34)30(23)2/h4-14,17,24,29H,15-16H2,1-3H3,(H,28,32). The van der Waals surface area contributed by atoms with Gasteiger partial charge in [0.2, 0.25) is 15.9 Å². The third-order valence-electron chi connectivity index (χ3n) is 6.25. The second-order valence-electron chi connectivity index (χ2n) is 8.88. The summed E-state index contributed by atoms with van der Waals surface area (Å²) in [6, 6.07) is 19.2. The lowest BCUT2D eigenvalue weighted by Gasteiger charge is -2.19. The molecule has 0 fully saturated rings. The van der Waals surface area contributed by atoms with Crippen molar-refractivity contribution in [3.05, 3.63) is 110 Å². The number of carbonyl (C=O) groups excluding carboxylic acids is 1. The molecule has 0 saturated carbocycles. The molecule has 1 amide bonds. The third-order valence-corrected chi connectivity index (χ3v) is 7.67. The summed E-state index contributed by atoms with van der Waals surface area (Å²) < 4.78 is 31.4. The van der Waals surface area contributed by atoms with E-state index in [1.54, 1.807) is 30.3 Å². The van der Waals surface area contributed by atoms with Gasteiger partial charge in [0.25, 0.3) is 5.56 Å². The summed E-state index contributed by atoms with van der Waals surface area (Å²) in [5.41, 5.74) is 1.84. The quantitative estimate of drug-likeness (QED) is 0.368. The highest BCUT2D eigenvalue weighted by molar-refractivity contribution is 7.89. The van der Waals surface area contributed by atoms with Crippen molar-refractivity contribution < 1.29 is 13.2 Å². The van der Waals surface area contributed by atoms with Crippen molar-refractivity contribution in [3.8, 4) is 0 Å². The molecule has 1 heterocycles. The molecule has 0 aliphatic carbocycles. The Morgan fingerprint density at radius 2 is 1.59 bits per heavy atom. The van der Waals surface area contributed by atoms with Crippen molar-refractivity contribution in [2.24, 2.45) is 14.1 Å². The number of nitrogens with one attached hydrogen (secondary N) is 2. The molecule has 0 bridgehead atoms. The molecule has 9 nitrogen and oxygen atoms in total. The Bertz CT molecular complexity index is 1670. The van der Waals surface area contributed by atoms with Gasteiger partial charge < -0.3 is 5.32 Å². The predicted octanol–water partition coefficient (Wildman–Crippen LogP) is 1.92. The van der Waals surface area contributed by atoms with Crippen LogP contribution in [0.15, 0.2) is 87.3 Å². The maximum absolute atomic E-state index is 13.4. The van der Waals surface area contributed by atoms with E-state index in [0.29, 0.717) is 24.0 Å². The molecule has 0 aliphatic heterocycles. The topological polar surface area (TPSA) is 119 Å². The number of amides is 1. The molecule has 0 radical (unpaired) electrons. The van der Waals surface area contributed by atoms with E-state index in [1.165, 1.54) is 36.9 Å². The summed E-state index contributed by atoms with van der Waals surface area (Å²) in [7, 11) is -1.39. The van der Waals surface area contributed by atoms with E-state index in [9.17, 15) is 22.8 Å². The highest BCUT2D eigenvalue weighted by atomic mass is 32.2. The molecule has 1 aromatic heterocycles. The average Bonchev–Trinajstić information content (AvgIpc) is 2.90. The third kappa shape index (κ3) is 5.55. The van der Waals surface area contributed by atoms with E-state index >= 15 is 0 Å². The first-order valence-electron chi connectivity index (χ1n) is 11.7. The zero-order valence-electron chi connectivity index (χ0n) is 20.8. The Kier molecular flexibility index (Phi) is 7.42. The first-order valence-corrected chi connectivity index (χ1v) is 13.2. The zero-order valence-corrected chi connectivity index (χ0v) is 21.6. The molecule has 0 saturated heterocycles. The molecule has 0 aliphatic rings. The van der Waals surface area contributed by atoms with Crippen LogP contribution in [0.1, 0.15) is 22.7 Å². The number of hydrogen-bond donors (Lipinski definition) is 2. The summed E-state index contributed by atoms with van der Waals surface area (Å²) in [5.74, 6) is -0.499. The van der Waals surface area contributed by atoms with Gasteiger partial charge in [0, 0.05) is 20.6 Å². The Labute approximate surface area is 214 Å². The van der Waals surface area contributed by atoms with Crippen LogP contribution in [0.5, 0.6) is 0 Å². The van der Waals surface area contributed by atoms with Crippen LogP contribution in [0.25, 0.3) is 10.9 Å². The van der Waals surface area contributed by atoms with E-state index in [1.807, 2.05) is 31.2 Å². The highest BCUT2D eigenvalue weighted by Gasteiger charge is 2.27. The normalized spacial score (nSPS) is 12.4. The van der Waals surface area contributed by atoms with Gasteiger partial charge in [0.05, 0.1) is 15.8 Å². The van der Waals surface area contributed by atoms with Gasteiger partial charge in [-0.1, -0.05) is 60.2 Å². The molecule has 1 atom stereocenters. The molecule has 2 N–H and O–H groups in total. The molecule has 192 valence electrons.